The molecule has 0 fully saturated rings. The van der Waals surface area contributed by atoms with E-state index in [1.165, 1.54) is 30.3 Å². The van der Waals surface area contributed by atoms with Crippen LogP contribution in [0.25, 0.3) is 0 Å². The van der Waals surface area contributed by atoms with Crippen LogP contribution in [0.15, 0.2) is 42.5 Å². The Bertz CT molecular complexity index is 845. The van der Waals surface area contributed by atoms with Gasteiger partial charge in [0.25, 0.3) is 11.6 Å². The number of ether oxygens (including phenoxy) is 2. The van der Waals surface area contributed by atoms with Crippen LogP contribution in [-0.2, 0) is 14.3 Å². The zero-order valence-electron chi connectivity index (χ0n) is 13.1. The first-order chi connectivity index (χ1) is 12.4. The summed E-state index contributed by atoms with van der Waals surface area (Å²) in [5.41, 5.74) is -0.106. The van der Waals surface area contributed by atoms with Gasteiger partial charge < -0.3 is 14.8 Å². The second-order valence-electron chi connectivity index (χ2n) is 4.85. The first-order valence-corrected chi connectivity index (χ1v) is 7.51. The average Bonchev–Trinajstić information content (AvgIpc) is 2.60. The lowest BCUT2D eigenvalue weighted by molar-refractivity contribution is -0.384. The Kier molecular flexibility index (Phi) is 6.45. The summed E-state index contributed by atoms with van der Waals surface area (Å²) in [7, 11) is 0. The number of nitro benzene ring substituents is 1. The number of non-ortho nitro benzene ring substituents is 1. The summed E-state index contributed by atoms with van der Waals surface area (Å²) >= 11 is 5.83. The molecule has 26 heavy (non-hydrogen) atoms. The van der Waals surface area contributed by atoms with Crippen molar-refractivity contribution in [1.82, 2.24) is 0 Å². The van der Waals surface area contributed by atoms with E-state index in [-0.39, 0.29) is 22.1 Å². The maximum absolute atomic E-state index is 13.3. The lowest BCUT2D eigenvalue weighted by Crippen LogP contribution is -2.23. The number of nitrogens with zero attached hydrogens (tertiary/aromatic N) is 1. The van der Waals surface area contributed by atoms with Gasteiger partial charge in [-0.2, -0.15) is 0 Å². The van der Waals surface area contributed by atoms with Gasteiger partial charge in [-0.15, -0.1) is 0 Å². The highest BCUT2D eigenvalue weighted by Gasteiger charge is 2.13. The van der Waals surface area contributed by atoms with E-state index in [1.54, 1.807) is 0 Å². The first kappa shape index (κ1) is 19.1. The zero-order valence-corrected chi connectivity index (χ0v) is 13.9. The van der Waals surface area contributed by atoms with Crippen molar-refractivity contribution in [3.05, 3.63) is 63.4 Å². The normalized spacial score (nSPS) is 10.1. The summed E-state index contributed by atoms with van der Waals surface area (Å²) in [5.74, 6) is -2.34. The molecule has 2 rings (SSSR count). The molecule has 0 aliphatic heterocycles. The van der Waals surface area contributed by atoms with Crippen LogP contribution in [0.2, 0.25) is 5.02 Å². The lowest BCUT2D eigenvalue weighted by atomic mass is 10.3. The number of hydrogen-bond donors (Lipinski definition) is 1. The minimum absolute atomic E-state index is 0.0400. The van der Waals surface area contributed by atoms with Crippen LogP contribution >= 0.6 is 11.6 Å². The number of benzene rings is 2. The zero-order chi connectivity index (χ0) is 19.1. The van der Waals surface area contributed by atoms with Gasteiger partial charge in [-0.05, 0) is 18.2 Å². The fourth-order valence-electron chi connectivity index (χ4n) is 1.79. The van der Waals surface area contributed by atoms with Crippen LogP contribution in [0.3, 0.4) is 0 Å². The first-order valence-electron chi connectivity index (χ1n) is 7.13. The molecule has 0 spiro atoms. The smallest absolute Gasteiger partial charge is 0.344 e. The molecule has 0 saturated heterocycles. The fourth-order valence-corrected chi connectivity index (χ4v) is 2.01. The van der Waals surface area contributed by atoms with Gasteiger partial charge in [0.15, 0.2) is 24.8 Å². The summed E-state index contributed by atoms with van der Waals surface area (Å²) in [6, 6.07) is 9.00. The fraction of sp³-hybridized carbons (Fsp3) is 0.125. The quantitative estimate of drug-likeness (QED) is 0.448. The predicted molar refractivity (Wildman–Crippen MR) is 89.6 cm³/mol. The number of anilines is 1. The monoisotopic (exact) mass is 382 g/mol. The van der Waals surface area contributed by atoms with Crippen molar-refractivity contribution < 1.29 is 28.4 Å². The number of amides is 1. The SMILES string of the molecule is O=C(COC(=O)COc1ccccc1F)Nc1ccc([N+](=O)[O-])cc1Cl. The highest BCUT2D eigenvalue weighted by molar-refractivity contribution is 6.34. The Morgan fingerprint density at radius 3 is 2.58 bits per heavy atom. The van der Waals surface area contributed by atoms with Gasteiger partial charge in [0.2, 0.25) is 0 Å². The van der Waals surface area contributed by atoms with Gasteiger partial charge in [0, 0.05) is 12.1 Å². The third-order valence-corrected chi connectivity index (χ3v) is 3.30. The molecule has 2 aromatic rings. The largest absolute Gasteiger partial charge is 0.479 e. The summed E-state index contributed by atoms with van der Waals surface area (Å²) in [6.07, 6.45) is 0. The molecule has 0 radical (unpaired) electrons. The topological polar surface area (TPSA) is 108 Å². The second-order valence-corrected chi connectivity index (χ2v) is 5.26. The number of nitro groups is 1. The predicted octanol–water partition coefficient (Wildman–Crippen LogP) is 2.95. The highest BCUT2D eigenvalue weighted by atomic mass is 35.5. The van der Waals surface area contributed by atoms with Crippen LogP contribution in [0.1, 0.15) is 0 Å². The number of esters is 1. The van der Waals surface area contributed by atoms with Crippen molar-refractivity contribution in [1.29, 1.82) is 0 Å². The molecule has 0 bridgehead atoms. The molecular formula is C16H12ClFN2O6. The Balaban J connectivity index is 1.80. The Morgan fingerprint density at radius 2 is 1.92 bits per heavy atom. The van der Waals surface area contributed by atoms with E-state index in [9.17, 15) is 24.1 Å². The van der Waals surface area contributed by atoms with Crippen molar-refractivity contribution in [3.63, 3.8) is 0 Å². The minimum Gasteiger partial charge on any atom is -0.479 e. The van der Waals surface area contributed by atoms with E-state index in [0.29, 0.717) is 0 Å². The van der Waals surface area contributed by atoms with E-state index >= 15 is 0 Å². The maximum Gasteiger partial charge on any atom is 0.344 e. The van der Waals surface area contributed by atoms with Crippen molar-refractivity contribution in [2.45, 2.75) is 0 Å². The van der Waals surface area contributed by atoms with Gasteiger partial charge in [-0.1, -0.05) is 23.7 Å². The summed E-state index contributed by atoms with van der Waals surface area (Å²) in [4.78, 5) is 33.2. The number of rotatable bonds is 7. The van der Waals surface area contributed by atoms with Crippen LogP contribution in [0.5, 0.6) is 5.75 Å². The van der Waals surface area contributed by atoms with Gasteiger partial charge in [-0.25, -0.2) is 9.18 Å². The van der Waals surface area contributed by atoms with Crippen molar-refractivity contribution in [2.75, 3.05) is 18.5 Å². The molecule has 0 heterocycles. The van der Waals surface area contributed by atoms with Gasteiger partial charge in [-0.3, -0.25) is 14.9 Å². The molecule has 136 valence electrons. The van der Waals surface area contributed by atoms with Crippen LogP contribution in [0.4, 0.5) is 15.8 Å². The standard InChI is InChI=1S/C16H12ClFN2O6/c17-11-7-10(20(23)24)5-6-13(11)19-15(21)8-26-16(22)9-25-14-4-2-1-3-12(14)18/h1-7H,8-9H2,(H,19,21). The van der Waals surface area contributed by atoms with E-state index in [4.69, 9.17) is 16.3 Å². The van der Waals surface area contributed by atoms with Crippen molar-refractivity contribution in [2.24, 2.45) is 0 Å². The molecular weight excluding hydrogens is 371 g/mol. The van der Waals surface area contributed by atoms with Gasteiger partial charge >= 0.3 is 5.97 Å². The Labute approximate surface area is 151 Å². The third kappa shape index (κ3) is 5.42. The molecule has 0 atom stereocenters. The van der Waals surface area contributed by atoms with E-state index < -0.39 is 35.8 Å². The Morgan fingerprint density at radius 1 is 1.19 bits per heavy atom. The Hall–Kier alpha value is -3.20. The number of nitrogens with one attached hydrogen (secondary N) is 1. The molecule has 0 aromatic heterocycles. The number of hydrogen-bond acceptors (Lipinski definition) is 6. The minimum atomic E-state index is -0.877. The lowest BCUT2D eigenvalue weighted by Gasteiger charge is -2.09. The molecule has 0 saturated carbocycles. The van der Waals surface area contributed by atoms with Crippen molar-refractivity contribution >= 4 is 34.9 Å². The number of para-hydroxylation sites is 1. The van der Waals surface area contributed by atoms with Crippen molar-refractivity contribution in [3.8, 4) is 5.75 Å². The summed E-state index contributed by atoms with van der Waals surface area (Å²) in [5, 5.41) is 12.9. The average molecular weight is 383 g/mol. The molecule has 8 nitrogen and oxygen atoms in total. The third-order valence-electron chi connectivity index (χ3n) is 2.98. The number of carbonyl (C=O) groups is 2. The van der Waals surface area contributed by atoms with Crippen LogP contribution < -0.4 is 10.1 Å². The van der Waals surface area contributed by atoms with E-state index in [2.05, 4.69) is 10.1 Å². The number of carbonyl (C=O) groups excluding carboxylic acids is 2. The van der Waals surface area contributed by atoms with E-state index in [1.807, 2.05) is 0 Å². The molecule has 0 aliphatic rings. The van der Waals surface area contributed by atoms with Crippen LogP contribution in [0, 0.1) is 15.9 Å². The molecule has 1 amide bonds. The number of halogens is 2. The molecule has 10 heteroatoms. The van der Waals surface area contributed by atoms with Gasteiger partial charge in [0.1, 0.15) is 0 Å². The second kappa shape index (κ2) is 8.77. The molecule has 0 aliphatic carbocycles. The molecule has 0 unspecified atom stereocenters. The molecule has 2 aromatic carbocycles. The summed E-state index contributed by atoms with van der Waals surface area (Å²) < 4.78 is 22.9. The van der Waals surface area contributed by atoms with Crippen LogP contribution in [-0.4, -0.2) is 30.0 Å². The van der Waals surface area contributed by atoms with Gasteiger partial charge in [0.05, 0.1) is 15.6 Å². The highest BCUT2D eigenvalue weighted by Crippen LogP contribution is 2.26. The van der Waals surface area contributed by atoms with E-state index in [0.717, 1.165) is 12.1 Å². The maximum atomic E-state index is 13.3. The molecule has 1 N–H and O–H groups in total. The summed E-state index contributed by atoms with van der Waals surface area (Å²) in [6.45, 7) is -1.21.